The second kappa shape index (κ2) is 9.48. The lowest BCUT2D eigenvalue weighted by Crippen LogP contribution is -2.42. The molecule has 1 saturated heterocycles. The fourth-order valence-corrected chi connectivity index (χ4v) is 6.67. The van der Waals surface area contributed by atoms with Gasteiger partial charge in [-0.25, -0.2) is 12.8 Å². The zero-order valence-corrected chi connectivity index (χ0v) is 19.5. The van der Waals surface area contributed by atoms with E-state index in [2.05, 4.69) is 29.2 Å². The molecule has 0 saturated carbocycles. The fraction of sp³-hybridized carbons (Fsp3) is 0.360. The van der Waals surface area contributed by atoms with Crippen LogP contribution in [0, 0.1) is 11.7 Å². The number of halogens is 2. The normalized spacial score (nSPS) is 18.3. The van der Waals surface area contributed by atoms with Gasteiger partial charge < -0.3 is 0 Å². The van der Waals surface area contributed by atoms with Gasteiger partial charge in [0, 0.05) is 43.5 Å². The van der Waals surface area contributed by atoms with Gasteiger partial charge in [-0.15, -0.1) is 12.4 Å². The van der Waals surface area contributed by atoms with Gasteiger partial charge in [0.15, 0.2) is 0 Å². The van der Waals surface area contributed by atoms with Gasteiger partial charge >= 0.3 is 0 Å². The molecule has 4 nitrogen and oxygen atoms in total. The molecule has 32 heavy (non-hydrogen) atoms. The number of rotatable bonds is 4. The molecule has 170 valence electrons. The van der Waals surface area contributed by atoms with Crippen LogP contribution in [-0.2, 0) is 23.0 Å². The average molecular weight is 475 g/mol. The van der Waals surface area contributed by atoms with Crippen molar-refractivity contribution in [1.29, 1.82) is 0 Å². The van der Waals surface area contributed by atoms with E-state index in [9.17, 15) is 12.8 Å². The van der Waals surface area contributed by atoms with Crippen LogP contribution >= 0.6 is 12.4 Å². The molecule has 0 spiro atoms. The van der Waals surface area contributed by atoms with Crippen LogP contribution in [0.15, 0.2) is 65.6 Å². The Hall–Kier alpha value is -1.99. The third-order valence-corrected chi connectivity index (χ3v) is 8.71. The zero-order valence-electron chi connectivity index (χ0n) is 17.9. The Balaban J connectivity index is 0.00000245. The monoisotopic (exact) mass is 474 g/mol. The van der Waals surface area contributed by atoms with E-state index in [1.807, 2.05) is 0 Å². The van der Waals surface area contributed by atoms with Crippen molar-refractivity contribution >= 4 is 33.2 Å². The lowest BCUT2D eigenvalue weighted by Gasteiger charge is -2.36. The minimum Gasteiger partial charge on any atom is -0.298 e. The van der Waals surface area contributed by atoms with Crippen LogP contribution in [-0.4, -0.2) is 43.8 Å². The molecule has 1 fully saturated rings. The van der Waals surface area contributed by atoms with Crippen LogP contribution in [0.1, 0.15) is 24.0 Å². The molecule has 3 aromatic carbocycles. The summed E-state index contributed by atoms with van der Waals surface area (Å²) in [6, 6.07) is 18.1. The first-order valence-corrected chi connectivity index (χ1v) is 12.4. The number of piperidine rings is 1. The average Bonchev–Trinajstić information content (AvgIpc) is 2.80. The maximum absolute atomic E-state index is 14.2. The lowest BCUT2D eigenvalue weighted by molar-refractivity contribution is 0.171. The second-order valence-corrected chi connectivity index (χ2v) is 10.6. The summed E-state index contributed by atoms with van der Waals surface area (Å²) in [5.74, 6) is 0.109. The first-order chi connectivity index (χ1) is 15.0. The standard InChI is InChI=1S/C25H27FN2O2S.ClH/c26-24-9-10-25(23-8-4-3-7-22(23)24)31(29,30)28-15-11-19(12-16-28)17-27-14-13-20-5-1-2-6-21(20)18-27;/h1-10,19H,11-18H2;1H. The second-order valence-electron chi connectivity index (χ2n) is 8.69. The van der Waals surface area contributed by atoms with Crippen LogP contribution < -0.4 is 0 Å². The quantitative estimate of drug-likeness (QED) is 0.542. The molecular formula is C25H28ClFN2O2S. The van der Waals surface area contributed by atoms with Gasteiger partial charge in [0.1, 0.15) is 5.82 Å². The highest BCUT2D eigenvalue weighted by molar-refractivity contribution is 7.89. The van der Waals surface area contributed by atoms with Gasteiger partial charge in [-0.3, -0.25) is 4.90 Å². The first kappa shape index (κ1) is 23.2. The maximum Gasteiger partial charge on any atom is 0.243 e. The van der Waals surface area contributed by atoms with E-state index in [0.717, 1.165) is 38.9 Å². The molecule has 0 N–H and O–H groups in total. The highest BCUT2D eigenvalue weighted by atomic mass is 35.5. The van der Waals surface area contributed by atoms with Crippen LogP contribution in [0.25, 0.3) is 10.8 Å². The maximum atomic E-state index is 14.2. The van der Waals surface area contributed by atoms with E-state index < -0.39 is 15.8 Å². The van der Waals surface area contributed by atoms with Gasteiger partial charge in [0.25, 0.3) is 0 Å². The van der Waals surface area contributed by atoms with Crippen LogP contribution in [0.4, 0.5) is 4.39 Å². The molecule has 0 aromatic heterocycles. The zero-order chi connectivity index (χ0) is 21.4. The largest absolute Gasteiger partial charge is 0.298 e. The van der Waals surface area contributed by atoms with Crippen LogP contribution in [0.5, 0.6) is 0 Å². The molecular weight excluding hydrogens is 447 g/mol. The Labute approximate surface area is 195 Å². The smallest absolute Gasteiger partial charge is 0.243 e. The van der Waals surface area contributed by atoms with E-state index >= 15 is 0 Å². The molecule has 3 aromatic rings. The SMILES string of the molecule is Cl.O=S(=O)(c1ccc(F)c2ccccc12)N1CCC(CN2CCc3ccccc3C2)CC1. The summed E-state index contributed by atoms with van der Waals surface area (Å²) in [5, 5.41) is 0.806. The summed E-state index contributed by atoms with van der Waals surface area (Å²) in [7, 11) is -3.65. The molecule has 2 aliphatic heterocycles. The Morgan fingerprint density at radius 1 is 0.844 bits per heavy atom. The van der Waals surface area contributed by atoms with Crippen molar-refractivity contribution in [2.24, 2.45) is 5.92 Å². The summed E-state index contributed by atoms with van der Waals surface area (Å²) in [6.07, 6.45) is 2.80. The first-order valence-electron chi connectivity index (χ1n) is 11.0. The molecule has 0 amide bonds. The lowest BCUT2D eigenvalue weighted by atomic mass is 9.94. The van der Waals surface area contributed by atoms with Crippen molar-refractivity contribution in [2.45, 2.75) is 30.7 Å². The molecule has 2 aliphatic rings. The Kier molecular flexibility index (Phi) is 6.86. The topological polar surface area (TPSA) is 40.6 Å². The summed E-state index contributed by atoms with van der Waals surface area (Å²) in [4.78, 5) is 2.71. The van der Waals surface area contributed by atoms with Crippen LogP contribution in [0.3, 0.4) is 0 Å². The molecule has 7 heteroatoms. The molecule has 5 rings (SSSR count). The van der Waals surface area contributed by atoms with E-state index in [-0.39, 0.29) is 17.3 Å². The van der Waals surface area contributed by atoms with Crippen molar-refractivity contribution in [3.05, 3.63) is 77.6 Å². The predicted octanol–water partition coefficient (Wildman–Crippen LogP) is 4.86. The molecule has 0 radical (unpaired) electrons. The Morgan fingerprint density at radius 2 is 1.50 bits per heavy atom. The van der Waals surface area contributed by atoms with Gasteiger partial charge in [0.05, 0.1) is 4.90 Å². The number of nitrogens with zero attached hydrogens (tertiary/aromatic N) is 2. The van der Waals surface area contributed by atoms with E-state index in [1.54, 1.807) is 28.6 Å². The molecule has 0 bridgehead atoms. The third kappa shape index (κ3) is 4.42. The summed E-state index contributed by atoms with van der Waals surface area (Å²) in [6.45, 7) is 4.10. The van der Waals surface area contributed by atoms with E-state index in [0.29, 0.717) is 29.8 Å². The Morgan fingerprint density at radius 3 is 2.25 bits per heavy atom. The predicted molar refractivity (Wildman–Crippen MR) is 128 cm³/mol. The summed E-state index contributed by atoms with van der Waals surface area (Å²) >= 11 is 0. The van der Waals surface area contributed by atoms with Crippen molar-refractivity contribution in [2.75, 3.05) is 26.2 Å². The summed E-state index contributed by atoms with van der Waals surface area (Å²) in [5.41, 5.74) is 2.86. The van der Waals surface area contributed by atoms with Crippen molar-refractivity contribution in [3.8, 4) is 0 Å². The highest BCUT2D eigenvalue weighted by Gasteiger charge is 2.31. The van der Waals surface area contributed by atoms with Gasteiger partial charge in [0.2, 0.25) is 10.0 Å². The molecule has 0 aliphatic carbocycles. The number of fused-ring (bicyclic) bond motifs is 2. The Bertz CT molecular complexity index is 1210. The third-order valence-electron chi connectivity index (χ3n) is 6.75. The van der Waals surface area contributed by atoms with Crippen molar-refractivity contribution in [1.82, 2.24) is 9.21 Å². The minimum absolute atomic E-state index is 0. The molecule has 0 unspecified atom stereocenters. The van der Waals surface area contributed by atoms with Gasteiger partial charge in [-0.1, -0.05) is 48.5 Å². The van der Waals surface area contributed by atoms with Gasteiger partial charge in [-0.2, -0.15) is 4.31 Å². The van der Waals surface area contributed by atoms with Crippen LogP contribution in [0.2, 0.25) is 0 Å². The van der Waals surface area contributed by atoms with Gasteiger partial charge in [-0.05, 0) is 48.4 Å². The minimum atomic E-state index is -3.65. The molecule has 0 atom stereocenters. The molecule has 2 heterocycles. The number of hydrogen-bond donors (Lipinski definition) is 0. The summed E-state index contributed by atoms with van der Waals surface area (Å²) < 4.78 is 42.4. The van der Waals surface area contributed by atoms with Crippen molar-refractivity contribution < 1.29 is 12.8 Å². The fourth-order valence-electron chi connectivity index (χ4n) is 5.01. The number of sulfonamides is 1. The van der Waals surface area contributed by atoms with Crippen molar-refractivity contribution in [3.63, 3.8) is 0 Å². The number of benzene rings is 3. The van der Waals surface area contributed by atoms with E-state index in [4.69, 9.17) is 0 Å². The number of hydrogen-bond acceptors (Lipinski definition) is 3. The van der Waals surface area contributed by atoms with E-state index in [1.165, 1.54) is 23.3 Å². The highest BCUT2D eigenvalue weighted by Crippen LogP contribution is 2.31.